The van der Waals surface area contributed by atoms with Crippen molar-refractivity contribution < 1.29 is 4.74 Å². The number of piperidine rings is 2. The lowest BCUT2D eigenvalue weighted by molar-refractivity contribution is 0.0551. The van der Waals surface area contributed by atoms with E-state index in [-0.39, 0.29) is 0 Å². The molecule has 0 bridgehead atoms. The Hall–Kier alpha value is -1.06. The molecular weight excluding hydrogens is 308 g/mol. The highest BCUT2D eigenvalue weighted by Crippen LogP contribution is 2.41. The van der Waals surface area contributed by atoms with Crippen LogP contribution in [0.1, 0.15) is 69.0 Å². The highest BCUT2D eigenvalue weighted by molar-refractivity contribution is 5.39. The molecule has 3 atom stereocenters. The number of benzene rings is 1. The summed E-state index contributed by atoms with van der Waals surface area (Å²) in [6.45, 7) is 6.84. The normalized spacial score (nSPS) is 28.8. The van der Waals surface area contributed by atoms with Crippen LogP contribution in [0.2, 0.25) is 0 Å². The Labute approximate surface area is 153 Å². The molecule has 3 nitrogen and oxygen atoms in total. The van der Waals surface area contributed by atoms with E-state index in [1.807, 2.05) is 0 Å². The Morgan fingerprint density at radius 1 is 1.24 bits per heavy atom. The Morgan fingerprint density at radius 3 is 3.12 bits per heavy atom. The quantitative estimate of drug-likeness (QED) is 0.779. The van der Waals surface area contributed by atoms with Crippen LogP contribution < -0.4 is 10.1 Å². The van der Waals surface area contributed by atoms with Gasteiger partial charge >= 0.3 is 0 Å². The van der Waals surface area contributed by atoms with Crippen LogP contribution in [0.3, 0.4) is 0 Å². The van der Waals surface area contributed by atoms with Gasteiger partial charge in [0.05, 0.1) is 6.61 Å². The predicted octanol–water partition coefficient (Wildman–Crippen LogP) is 4.32. The van der Waals surface area contributed by atoms with Crippen LogP contribution in [-0.2, 0) is 6.42 Å². The molecule has 0 aromatic heterocycles. The van der Waals surface area contributed by atoms with Gasteiger partial charge in [-0.1, -0.05) is 32.3 Å². The number of rotatable bonds is 6. The van der Waals surface area contributed by atoms with E-state index in [4.69, 9.17) is 4.74 Å². The van der Waals surface area contributed by atoms with E-state index in [1.165, 1.54) is 76.6 Å². The van der Waals surface area contributed by atoms with Gasteiger partial charge in [-0.05, 0) is 67.8 Å². The first-order valence-electron chi connectivity index (χ1n) is 10.6. The predicted molar refractivity (Wildman–Crippen MR) is 103 cm³/mol. The summed E-state index contributed by atoms with van der Waals surface area (Å²) in [7, 11) is 0. The van der Waals surface area contributed by atoms with Crippen LogP contribution in [0.25, 0.3) is 0 Å². The van der Waals surface area contributed by atoms with Crippen molar-refractivity contribution in [2.75, 3.05) is 26.2 Å². The molecule has 0 radical (unpaired) electrons. The minimum atomic E-state index is 0.620. The second kappa shape index (κ2) is 8.09. The first-order valence-corrected chi connectivity index (χ1v) is 10.6. The Balaban J connectivity index is 1.40. The van der Waals surface area contributed by atoms with Gasteiger partial charge < -0.3 is 10.1 Å². The lowest BCUT2D eigenvalue weighted by Gasteiger charge is -2.49. The molecule has 2 saturated heterocycles. The van der Waals surface area contributed by atoms with E-state index in [2.05, 4.69) is 35.3 Å². The van der Waals surface area contributed by atoms with Crippen molar-refractivity contribution >= 4 is 0 Å². The molecule has 25 heavy (non-hydrogen) atoms. The van der Waals surface area contributed by atoms with E-state index in [0.717, 1.165) is 24.3 Å². The molecule has 2 fully saturated rings. The molecule has 0 aliphatic carbocycles. The fourth-order valence-electron chi connectivity index (χ4n) is 5.10. The van der Waals surface area contributed by atoms with Gasteiger partial charge in [0.1, 0.15) is 5.75 Å². The molecule has 138 valence electrons. The second-order valence-corrected chi connectivity index (χ2v) is 8.23. The molecule has 1 aromatic rings. The number of hydrogen-bond acceptors (Lipinski definition) is 3. The van der Waals surface area contributed by atoms with Crippen LogP contribution in [-0.4, -0.2) is 37.2 Å². The van der Waals surface area contributed by atoms with Gasteiger partial charge in [-0.15, -0.1) is 0 Å². The van der Waals surface area contributed by atoms with Crippen molar-refractivity contribution in [3.8, 4) is 5.75 Å². The average molecular weight is 343 g/mol. The molecule has 3 aliphatic heterocycles. The van der Waals surface area contributed by atoms with Gasteiger partial charge in [-0.2, -0.15) is 0 Å². The van der Waals surface area contributed by atoms with Crippen LogP contribution in [0, 0.1) is 5.92 Å². The topological polar surface area (TPSA) is 24.5 Å². The van der Waals surface area contributed by atoms with Crippen molar-refractivity contribution in [3.05, 3.63) is 29.3 Å². The van der Waals surface area contributed by atoms with Crippen molar-refractivity contribution in [2.24, 2.45) is 5.92 Å². The third kappa shape index (κ3) is 3.88. The molecule has 0 spiro atoms. The molecule has 1 aromatic carbocycles. The number of unbranched alkanes of at least 4 members (excludes halogenated alkanes) is 3. The van der Waals surface area contributed by atoms with Crippen LogP contribution in [0.4, 0.5) is 0 Å². The lowest BCUT2D eigenvalue weighted by Crippen LogP contribution is -2.54. The Kier molecular flexibility index (Phi) is 5.62. The molecule has 3 unspecified atom stereocenters. The molecule has 3 aliphatic rings. The van der Waals surface area contributed by atoms with E-state index in [9.17, 15) is 0 Å². The summed E-state index contributed by atoms with van der Waals surface area (Å²) in [5.74, 6) is 1.95. The van der Waals surface area contributed by atoms with E-state index < -0.39 is 0 Å². The van der Waals surface area contributed by atoms with Crippen molar-refractivity contribution in [1.82, 2.24) is 10.2 Å². The summed E-state index contributed by atoms with van der Waals surface area (Å²) in [5.41, 5.74) is 3.09. The first-order chi connectivity index (χ1) is 12.3. The summed E-state index contributed by atoms with van der Waals surface area (Å²) in [6.07, 6.45) is 10.3. The average Bonchev–Trinajstić information content (AvgIpc) is 2.66. The molecule has 1 N–H and O–H groups in total. The highest BCUT2D eigenvalue weighted by Gasteiger charge is 2.39. The van der Waals surface area contributed by atoms with Gasteiger partial charge in [0, 0.05) is 25.2 Å². The van der Waals surface area contributed by atoms with Crippen molar-refractivity contribution in [2.45, 2.75) is 70.4 Å². The number of fused-ring (bicyclic) bond motifs is 4. The summed E-state index contributed by atoms with van der Waals surface area (Å²) in [5, 5.41) is 3.79. The highest BCUT2D eigenvalue weighted by atomic mass is 16.5. The van der Waals surface area contributed by atoms with Crippen molar-refractivity contribution in [3.63, 3.8) is 0 Å². The molecular formula is C22H34N2O. The van der Waals surface area contributed by atoms with Gasteiger partial charge in [-0.3, -0.25) is 4.90 Å². The van der Waals surface area contributed by atoms with E-state index >= 15 is 0 Å². The zero-order valence-corrected chi connectivity index (χ0v) is 15.8. The fourth-order valence-corrected chi connectivity index (χ4v) is 5.10. The largest absolute Gasteiger partial charge is 0.494 e. The molecule has 4 rings (SSSR count). The van der Waals surface area contributed by atoms with Crippen LogP contribution in [0.15, 0.2) is 18.2 Å². The summed E-state index contributed by atoms with van der Waals surface area (Å²) in [4.78, 5) is 2.75. The maximum Gasteiger partial charge on any atom is 0.119 e. The first kappa shape index (κ1) is 17.4. The second-order valence-electron chi connectivity index (χ2n) is 8.23. The number of ether oxygens (including phenoxy) is 1. The number of nitrogens with one attached hydrogen (secondary N) is 1. The maximum absolute atomic E-state index is 6.01. The molecule has 0 saturated carbocycles. The van der Waals surface area contributed by atoms with Crippen molar-refractivity contribution in [1.29, 1.82) is 0 Å². The molecule has 3 heteroatoms. The summed E-state index contributed by atoms with van der Waals surface area (Å²) < 4.78 is 6.01. The summed E-state index contributed by atoms with van der Waals surface area (Å²) in [6, 6.07) is 8.25. The van der Waals surface area contributed by atoms with Gasteiger partial charge in [0.2, 0.25) is 0 Å². The maximum atomic E-state index is 6.01. The Bertz CT molecular complexity index is 573. The van der Waals surface area contributed by atoms with E-state index in [0.29, 0.717) is 6.04 Å². The summed E-state index contributed by atoms with van der Waals surface area (Å²) >= 11 is 0. The number of hydrogen-bond donors (Lipinski definition) is 1. The standard InChI is InChI=1S/C22H34N2O/c1-2-3-4-5-13-25-19-8-9-20-17(14-19)10-12-24-16-18-7-6-11-23-21(18)15-22(20)24/h8-9,14,18,21-23H,2-7,10-13,15-16H2,1H3. The lowest BCUT2D eigenvalue weighted by atomic mass is 9.77. The van der Waals surface area contributed by atoms with Crippen LogP contribution in [0.5, 0.6) is 5.75 Å². The number of nitrogens with zero attached hydrogens (tertiary/aromatic N) is 1. The molecule has 3 heterocycles. The SMILES string of the molecule is CCCCCCOc1ccc2c(c1)CCN1CC3CCCNC3CC21. The smallest absolute Gasteiger partial charge is 0.119 e. The van der Waals surface area contributed by atoms with E-state index in [1.54, 1.807) is 5.56 Å². The third-order valence-electron chi connectivity index (χ3n) is 6.52. The zero-order valence-electron chi connectivity index (χ0n) is 15.8. The minimum Gasteiger partial charge on any atom is -0.494 e. The minimum absolute atomic E-state index is 0.620. The molecule has 0 amide bonds. The Morgan fingerprint density at radius 2 is 2.20 bits per heavy atom. The third-order valence-corrected chi connectivity index (χ3v) is 6.52. The van der Waals surface area contributed by atoms with Gasteiger partial charge in [0.15, 0.2) is 0 Å². The van der Waals surface area contributed by atoms with Gasteiger partial charge in [-0.25, -0.2) is 0 Å². The fraction of sp³-hybridized carbons (Fsp3) is 0.727. The van der Waals surface area contributed by atoms with Gasteiger partial charge in [0.25, 0.3) is 0 Å². The van der Waals surface area contributed by atoms with Crippen LogP contribution >= 0.6 is 0 Å². The monoisotopic (exact) mass is 342 g/mol. The zero-order chi connectivity index (χ0) is 17.1.